The normalized spacial score (nSPS) is 10.6. The fraction of sp³-hybridized carbons (Fsp3) is 0.200. The predicted octanol–water partition coefficient (Wildman–Crippen LogP) is 4.54. The van der Waals surface area contributed by atoms with Crippen molar-refractivity contribution < 1.29 is 4.74 Å². The first-order valence-corrected chi connectivity index (χ1v) is 6.21. The molecule has 2 aromatic rings. The minimum atomic E-state index is 0.802. The molecular weight excluding hydrogens is 238 g/mol. The molecule has 0 spiro atoms. The van der Waals surface area contributed by atoms with Gasteiger partial charge in [-0.05, 0) is 55.5 Å². The Balaban J connectivity index is 2.04. The van der Waals surface area contributed by atoms with Crippen LogP contribution in [0.4, 0.5) is 17.1 Å². The molecule has 98 valence electrons. The van der Waals surface area contributed by atoms with Gasteiger partial charge in [-0.25, -0.2) is 0 Å². The first-order valence-electron chi connectivity index (χ1n) is 6.21. The number of nitrogens with one attached hydrogen (secondary N) is 1. The molecule has 0 saturated carbocycles. The van der Waals surface area contributed by atoms with Gasteiger partial charge in [0.2, 0.25) is 0 Å². The van der Waals surface area contributed by atoms with E-state index in [-0.39, 0.29) is 0 Å². The Labute approximate surface area is 113 Å². The maximum atomic E-state index is 5.09. The third-order valence-electron chi connectivity index (χ3n) is 2.60. The van der Waals surface area contributed by atoms with Gasteiger partial charge in [0.25, 0.3) is 0 Å². The average Bonchev–Trinajstić information content (AvgIpc) is 2.47. The van der Waals surface area contributed by atoms with E-state index in [0.29, 0.717) is 0 Å². The van der Waals surface area contributed by atoms with E-state index in [1.165, 1.54) is 0 Å². The van der Waals surface area contributed by atoms with Gasteiger partial charge in [0.1, 0.15) is 5.75 Å². The van der Waals surface area contributed by atoms with Crippen LogP contribution in [0.25, 0.3) is 0 Å². The molecule has 19 heavy (non-hydrogen) atoms. The summed E-state index contributed by atoms with van der Waals surface area (Å²) in [7, 11) is 1.64. The molecule has 0 heterocycles. The molecule has 4 heteroatoms. The quantitative estimate of drug-likeness (QED) is 0.797. The van der Waals surface area contributed by atoms with Gasteiger partial charge >= 0.3 is 0 Å². The van der Waals surface area contributed by atoms with Crippen LogP contribution in [0.5, 0.6) is 5.75 Å². The van der Waals surface area contributed by atoms with Crippen LogP contribution < -0.4 is 10.1 Å². The molecule has 1 N–H and O–H groups in total. The van der Waals surface area contributed by atoms with Gasteiger partial charge in [0.15, 0.2) is 0 Å². The maximum Gasteiger partial charge on any atom is 0.119 e. The van der Waals surface area contributed by atoms with E-state index in [1.807, 2.05) is 48.5 Å². The molecule has 0 aliphatic rings. The highest BCUT2D eigenvalue weighted by molar-refractivity contribution is 5.51. The number of nitrogens with zero attached hydrogens (tertiary/aromatic N) is 2. The second kappa shape index (κ2) is 6.54. The van der Waals surface area contributed by atoms with E-state index in [4.69, 9.17) is 4.74 Å². The van der Waals surface area contributed by atoms with Crippen LogP contribution in [-0.2, 0) is 0 Å². The summed E-state index contributed by atoms with van der Waals surface area (Å²) < 4.78 is 5.09. The Hall–Kier alpha value is -2.36. The van der Waals surface area contributed by atoms with Gasteiger partial charge < -0.3 is 10.1 Å². The van der Waals surface area contributed by atoms with Crippen LogP contribution in [0, 0.1) is 0 Å². The minimum Gasteiger partial charge on any atom is -0.497 e. The van der Waals surface area contributed by atoms with Crippen molar-refractivity contribution in [1.29, 1.82) is 0 Å². The van der Waals surface area contributed by atoms with E-state index >= 15 is 0 Å². The van der Waals surface area contributed by atoms with E-state index in [9.17, 15) is 0 Å². The van der Waals surface area contributed by atoms with Gasteiger partial charge in [-0.15, -0.1) is 0 Å². The zero-order valence-corrected chi connectivity index (χ0v) is 11.1. The van der Waals surface area contributed by atoms with Crippen LogP contribution >= 0.6 is 0 Å². The van der Waals surface area contributed by atoms with Gasteiger partial charge in [-0.1, -0.05) is 0 Å². The van der Waals surface area contributed by atoms with Crippen LogP contribution in [0.1, 0.15) is 6.92 Å². The van der Waals surface area contributed by atoms with E-state index < -0.39 is 0 Å². The first kappa shape index (κ1) is 13.1. The summed E-state index contributed by atoms with van der Waals surface area (Å²) in [6.07, 6.45) is 0. The monoisotopic (exact) mass is 255 g/mol. The summed E-state index contributed by atoms with van der Waals surface area (Å²) in [5.74, 6) is 0.814. The smallest absolute Gasteiger partial charge is 0.119 e. The summed E-state index contributed by atoms with van der Waals surface area (Å²) in [6.45, 7) is 2.98. The number of hydrogen-bond acceptors (Lipinski definition) is 4. The Morgan fingerprint density at radius 2 is 1.42 bits per heavy atom. The third-order valence-corrected chi connectivity index (χ3v) is 2.60. The molecule has 2 rings (SSSR count). The molecular formula is C15H17N3O. The molecule has 0 fully saturated rings. The third kappa shape index (κ3) is 3.81. The lowest BCUT2D eigenvalue weighted by atomic mass is 10.3. The highest BCUT2D eigenvalue weighted by Gasteiger charge is 1.94. The minimum absolute atomic E-state index is 0.802. The molecule has 4 nitrogen and oxygen atoms in total. The molecule has 0 unspecified atom stereocenters. The van der Waals surface area contributed by atoms with Crippen molar-refractivity contribution in [1.82, 2.24) is 0 Å². The topological polar surface area (TPSA) is 46.0 Å². The highest BCUT2D eigenvalue weighted by atomic mass is 16.5. The SMILES string of the molecule is CCNc1ccc(N=Nc2ccc(OC)cc2)cc1. The average molecular weight is 255 g/mol. The highest BCUT2D eigenvalue weighted by Crippen LogP contribution is 2.22. The van der Waals surface area contributed by atoms with Gasteiger partial charge in [-0.3, -0.25) is 0 Å². The van der Waals surface area contributed by atoms with Crippen LogP contribution in [0.2, 0.25) is 0 Å². The fourth-order valence-electron chi connectivity index (χ4n) is 1.61. The second-order valence-corrected chi connectivity index (χ2v) is 3.98. The standard InChI is InChI=1S/C15H17N3O/c1-3-16-12-4-6-13(7-5-12)17-18-14-8-10-15(19-2)11-9-14/h4-11,16H,3H2,1-2H3. The fourth-order valence-corrected chi connectivity index (χ4v) is 1.61. The van der Waals surface area contributed by atoms with E-state index in [2.05, 4.69) is 22.5 Å². The number of anilines is 1. The molecule has 0 aromatic heterocycles. The molecule has 0 amide bonds. The molecule has 0 saturated heterocycles. The lowest BCUT2D eigenvalue weighted by Crippen LogP contribution is -1.94. The number of hydrogen-bond donors (Lipinski definition) is 1. The molecule has 2 aromatic carbocycles. The number of azo groups is 1. The Bertz CT molecular complexity index is 532. The molecule has 0 aliphatic carbocycles. The van der Waals surface area contributed by atoms with Crippen LogP contribution in [-0.4, -0.2) is 13.7 Å². The van der Waals surface area contributed by atoms with Crippen molar-refractivity contribution in [2.75, 3.05) is 19.0 Å². The van der Waals surface area contributed by atoms with E-state index in [1.54, 1.807) is 7.11 Å². The van der Waals surface area contributed by atoms with Crippen molar-refractivity contribution in [2.24, 2.45) is 10.2 Å². The zero-order valence-electron chi connectivity index (χ0n) is 11.1. The van der Waals surface area contributed by atoms with Crippen LogP contribution in [0.15, 0.2) is 58.8 Å². The number of methoxy groups -OCH3 is 1. The summed E-state index contributed by atoms with van der Waals surface area (Å²) >= 11 is 0. The Morgan fingerprint density at radius 3 is 1.89 bits per heavy atom. The molecule has 0 radical (unpaired) electrons. The van der Waals surface area contributed by atoms with Gasteiger partial charge in [0, 0.05) is 12.2 Å². The van der Waals surface area contributed by atoms with Crippen molar-refractivity contribution in [3.05, 3.63) is 48.5 Å². The molecule has 0 bridgehead atoms. The number of ether oxygens (including phenoxy) is 1. The summed E-state index contributed by atoms with van der Waals surface area (Å²) in [5, 5.41) is 11.6. The van der Waals surface area contributed by atoms with Crippen molar-refractivity contribution in [3.8, 4) is 5.75 Å². The summed E-state index contributed by atoms with van der Waals surface area (Å²) in [6, 6.07) is 15.3. The summed E-state index contributed by atoms with van der Waals surface area (Å²) in [5.41, 5.74) is 2.72. The zero-order chi connectivity index (χ0) is 13.5. The first-order chi connectivity index (χ1) is 9.31. The lowest BCUT2D eigenvalue weighted by molar-refractivity contribution is 0.415. The van der Waals surface area contributed by atoms with Crippen molar-refractivity contribution in [3.63, 3.8) is 0 Å². The Morgan fingerprint density at radius 1 is 0.895 bits per heavy atom. The molecule has 0 aliphatic heterocycles. The number of benzene rings is 2. The van der Waals surface area contributed by atoms with Crippen LogP contribution in [0.3, 0.4) is 0 Å². The summed E-state index contributed by atoms with van der Waals surface area (Å²) in [4.78, 5) is 0. The molecule has 0 atom stereocenters. The van der Waals surface area contributed by atoms with Gasteiger partial charge in [0.05, 0.1) is 18.5 Å². The van der Waals surface area contributed by atoms with Crippen molar-refractivity contribution in [2.45, 2.75) is 6.92 Å². The van der Waals surface area contributed by atoms with Gasteiger partial charge in [-0.2, -0.15) is 10.2 Å². The second-order valence-electron chi connectivity index (χ2n) is 3.98. The predicted molar refractivity (Wildman–Crippen MR) is 77.8 cm³/mol. The van der Waals surface area contributed by atoms with E-state index in [0.717, 1.165) is 29.4 Å². The largest absolute Gasteiger partial charge is 0.497 e. The number of rotatable bonds is 5. The maximum absolute atomic E-state index is 5.09. The van der Waals surface area contributed by atoms with Crippen molar-refractivity contribution >= 4 is 17.1 Å². The lowest BCUT2D eigenvalue weighted by Gasteiger charge is -2.02. The Kier molecular flexibility index (Phi) is 4.50.